The minimum Gasteiger partial charge on any atom is -0.453 e. The number of hydrogen-bond donors (Lipinski definition) is 0. The second kappa shape index (κ2) is 14.2. The lowest BCUT2D eigenvalue weighted by Crippen LogP contribution is -2.16. The van der Waals surface area contributed by atoms with Gasteiger partial charge in [-0.3, -0.25) is 0 Å². The topological polar surface area (TPSA) is 16.4 Å². The third kappa shape index (κ3) is 5.57. The molecule has 12 aromatic rings. The first-order valence-corrected chi connectivity index (χ1v) is 22.9. The summed E-state index contributed by atoms with van der Waals surface area (Å²) in [5, 5.41) is 7.18. The maximum absolute atomic E-state index is 7.34. The van der Waals surface area contributed by atoms with Gasteiger partial charge < -0.3 is 9.32 Å². The third-order valence-electron chi connectivity index (χ3n) is 13.7. The van der Waals surface area contributed by atoms with Gasteiger partial charge in [-0.1, -0.05) is 184 Å². The predicted molar refractivity (Wildman–Crippen MR) is 273 cm³/mol. The van der Waals surface area contributed by atoms with Crippen LogP contribution < -0.4 is 4.90 Å². The molecular formula is C61H41NOS. The Bertz CT molecular complexity index is 3800. The number of furan rings is 1. The van der Waals surface area contributed by atoms with Gasteiger partial charge in [0.2, 0.25) is 0 Å². The molecule has 0 saturated heterocycles. The van der Waals surface area contributed by atoms with Crippen LogP contribution in [0.25, 0.3) is 97.4 Å². The van der Waals surface area contributed by atoms with E-state index in [0.717, 1.165) is 50.1 Å². The number of rotatable bonds is 6. The van der Waals surface area contributed by atoms with E-state index in [-0.39, 0.29) is 5.41 Å². The molecule has 2 nitrogen and oxygen atoms in total. The van der Waals surface area contributed by atoms with E-state index in [0.29, 0.717) is 0 Å². The summed E-state index contributed by atoms with van der Waals surface area (Å²) in [6, 6.07) is 77.6. The molecule has 2 heterocycles. The van der Waals surface area contributed by atoms with Crippen LogP contribution in [-0.2, 0) is 5.41 Å². The summed E-state index contributed by atoms with van der Waals surface area (Å²) >= 11 is 1.87. The molecule has 10 aromatic carbocycles. The molecule has 2 aromatic heterocycles. The average Bonchev–Trinajstić information content (AvgIpc) is 3.99. The Morgan fingerprint density at radius 3 is 1.89 bits per heavy atom. The van der Waals surface area contributed by atoms with Crippen LogP contribution in [0.2, 0.25) is 0 Å². The van der Waals surface area contributed by atoms with Gasteiger partial charge in [0.15, 0.2) is 5.58 Å². The Balaban J connectivity index is 0.999. The lowest BCUT2D eigenvalue weighted by atomic mass is 9.82. The fourth-order valence-electron chi connectivity index (χ4n) is 10.5. The van der Waals surface area contributed by atoms with E-state index in [9.17, 15) is 0 Å². The van der Waals surface area contributed by atoms with Crippen molar-refractivity contribution in [2.45, 2.75) is 19.3 Å². The third-order valence-corrected chi connectivity index (χ3v) is 14.9. The Hall–Kier alpha value is -7.72. The van der Waals surface area contributed by atoms with Gasteiger partial charge >= 0.3 is 0 Å². The number of para-hydroxylation sites is 1. The van der Waals surface area contributed by atoms with Crippen LogP contribution in [0.5, 0.6) is 0 Å². The van der Waals surface area contributed by atoms with E-state index >= 15 is 0 Å². The minimum absolute atomic E-state index is 0.148. The van der Waals surface area contributed by atoms with E-state index < -0.39 is 0 Å². The van der Waals surface area contributed by atoms with Crippen molar-refractivity contribution in [1.82, 2.24) is 0 Å². The van der Waals surface area contributed by atoms with E-state index in [4.69, 9.17) is 4.42 Å². The molecule has 0 amide bonds. The molecule has 0 N–H and O–H groups in total. The highest BCUT2D eigenvalue weighted by molar-refractivity contribution is 7.26. The molecule has 0 bridgehead atoms. The highest BCUT2D eigenvalue weighted by Crippen LogP contribution is 2.52. The fraction of sp³-hybridized carbons (Fsp3) is 0.0492. The quantitative estimate of drug-likeness (QED) is 0.166. The molecule has 3 heteroatoms. The van der Waals surface area contributed by atoms with Crippen LogP contribution in [0.3, 0.4) is 0 Å². The highest BCUT2D eigenvalue weighted by Gasteiger charge is 2.36. The molecule has 0 aliphatic heterocycles. The zero-order valence-corrected chi connectivity index (χ0v) is 36.3. The molecule has 302 valence electrons. The number of nitrogens with zero attached hydrogens (tertiary/aromatic N) is 1. The van der Waals surface area contributed by atoms with Gasteiger partial charge in [-0.05, 0) is 103 Å². The number of benzene rings is 10. The van der Waals surface area contributed by atoms with Crippen LogP contribution in [0.1, 0.15) is 25.0 Å². The summed E-state index contributed by atoms with van der Waals surface area (Å²) in [5.74, 6) is 0. The molecule has 0 radical (unpaired) electrons. The van der Waals surface area contributed by atoms with E-state index in [1.165, 1.54) is 75.5 Å². The Kier molecular flexibility index (Phi) is 8.16. The molecule has 0 saturated carbocycles. The van der Waals surface area contributed by atoms with Crippen molar-refractivity contribution < 1.29 is 4.42 Å². The van der Waals surface area contributed by atoms with Gasteiger partial charge in [0.05, 0.1) is 5.69 Å². The van der Waals surface area contributed by atoms with Crippen molar-refractivity contribution in [2.24, 2.45) is 0 Å². The predicted octanol–water partition coefficient (Wildman–Crippen LogP) is 17.9. The van der Waals surface area contributed by atoms with Gasteiger partial charge in [-0.2, -0.15) is 0 Å². The summed E-state index contributed by atoms with van der Waals surface area (Å²) in [6.07, 6.45) is 0. The SMILES string of the molecule is CC1(C)c2ccccc2-c2ccc(N(c3ccc(-c4ccccc4)cc3)c3cccc4c3oc3c(-c5ccc(-c6cccc7c6sc6ccccc67)cc5)c5ccccc5cc34)cc21. The second-order valence-electron chi connectivity index (χ2n) is 17.6. The van der Waals surface area contributed by atoms with Gasteiger partial charge in [0.25, 0.3) is 0 Å². The standard InChI is InChI=1S/C61H41NOS/c1-61(2)53-23-10-8-18-47(53)48-35-34-44(37-54(48)61)62(43-32-30-39(31-33-43)38-14-4-3-5-15-38)55-24-13-21-50-52-36-42-16-6-7-17-45(42)57(59(52)63-58(50)55)41-28-26-40(27-29-41)46-20-12-22-51-49-19-9-11-25-56(49)64-60(46)51/h3-37H,1-2H3. The number of hydrogen-bond acceptors (Lipinski definition) is 3. The number of fused-ring (bicyclic) bond motifs is 10. The number of thiophene rings is 1. The zero-order chi connectivity index (χ0) is 42.5. The highest BCUT2D eigenvalue weighted by atomic mass is 32.1. The van der Waals surface area contributed by atoms with Crippen LogP contribution in [0, 0.1) is 0 Å². The second-order valence-corrected chi connectivity index (χ2v) is 18.7. The van der Waals surface area contributed by atoms with Gasteiger partial charge in [-0.15, -0.1) is 11.3 Å². The summed E-state index contributed by atoms with van der Waals surface area (Å²) in [6.45, 7) is 4.70. The normalized spacial score (nSPS) is 13.0. The Labute approximate surface area is 375 Å². The van der Waals surface area contributed by atoms with Crippen molar-refractivity contribution in [3.63, 3.8) is 0 Å². The molecule has 13 rings (SSSR count). The molecule has 1 aliphatic rings. The molecular weight excluding hydrogens is 795 g/mol. The lowest BCUT2D eigenvalue weighted by molar-refractivity contribution is 0.660. The monoisotopic (exact) mass is 835 g/mol. The van der Waals surface area contributed by atoms with Crippen molar-refractivity contribution >= 4 is 81.3 Å². The lowest BCUT2D eigenvalue weighted by Gasteiger charge is -2.28. The van der Waals surface area contributed by atoms with Crippen LogP contribution in [0.15, 0.2) is 217 Å². The first kappa shape index (κ1) is 36.9. The summed E-state index contributed by atoms with van der Waals surface area (Å²) in [5.41, 5.74) is 17.2. The molecule has 0 unspecified atom stereocenters. The van der Waals surface area contributed by atoms with Crippen molar-refractivity contribution in [3.05, 3.63) is 223 Å². The summed E-state index contributed by atoms with van der Waals surface area (Å²) in [4.78, 5) is 2.39. The number of anilines is 3. The Morgan fingerprint density at radius 1 is 0.406 bits per heavy atom. The van der Waals surface area contributed by atoms with E-state index in [1.54, 1.807) is 0 Å². The summed E-state index contributed by atoms with van der Waals surface area (Å²) < 4.78 is 9.99. The summed E-state index contributed by atoms with van der Waals surface area (Å²) in [7, 11) is 0. The molecule has 1 aliphatic carbocycles. The van der Waals surface area contributed by atoms with E-state index in [2.05, 4.69) is 231 Å². The van der Waals surface area contributed by atoms with Crippen molar-refractivity contribution in [1.29, 1.82) is 0 Å². The first-order chi connectivity index (χ1) is 31.5. The average molecular weight is 836 g/mol. The Morgan fingerprint density at radius 2 is 1.03 bits per heavy atom. The van der Waals surface area contributed by atoms with Gasteiger partial charge in [-0.25, -0.2) is 0 Å². The molecule has 0 atom stereocenters. The molecule has 0 spiro atoms. The van der Waals surface area contributed by atoms with Crippen LogP contribution >= 0.6 is 11.3 Å². The molecule has 0 fully saturated rings. The largest absolute Gasteiger partial charge is 0.453 e. The molecule has 64 heavy (non-hydrogen) atoms. The van der Waals surface area contributed by atoms with Crippen LogP contribution in [0.4, 0.5) is 17.1 Å². The maximum Gasteiger partial charge on any atom is 0.159 e. The van der Waals surface area contributed by atoms with Crippen molar-refractivity contribution in [3.8, 4) is 44.5 Å². The van der Waals surface area contributed by atoms with Gasteiger partial charge in [0, 0.05) is 53.3 Å². The van der Waals surface area contributed by atoms with E-state index in [1.807, 2.05) is 11.3 Å². The minimum atomic E-state index is -0.148. The fourth-order valence-corrected chi connectivity index (χ4v) is 11.8. The smallest absolute Gasteiger partial charge is 0.159 e. The van der Waals surface area contributed by atoms with Crippen LogP contribution in [-0.4, -0.2) is 0 Å². The van der Waals surface area contributed by atoms with Gasteiger partial charge in [0.1, 0.15) is 5.58 Å². The first-order valence-electron chi connectivity index (χ1n) is 22.1. The zero-order valence-electron chi connectivity index (χ0n) is 35.5. The maximum atomic E-state index is 7.34. The van der Waals surface area contributed by atoms with Crippen molar-refractivity contribution in [2.75, 3.05) is 4.90 Å².